The summed E-state index contributed by atoms with van der Waals surface area (Å²) in [6.07, 6.45) is 1.76. The van der Waals surface area contributed by atoms with E-state index in [9.17, 15) is 4.39 Å². The molecule has 0 aliphatic carbocycles. The van der Waals surface area contributed by atoms with E-state index in [1.54, 1.807) is 26.1 Å². The topological polar surface area (TPSA) is 36.4 Å². The van der Waals surface area contributed by atoms with Crippen molar-refractivity contribution in [3.8, 4) is 0 Å². The summed E-state index contributed by atoms with van der Waals surface area (Å²) < 4.78 is 13.1. The normalized spacial score (nSPS) is 10.5. The smallest absolute Gasteiger partial charge is 0.191 e. The molecule has 3 nitrogen and oxygen atoms in total. The first-order chi connectivity index (χ1) is 8.17. The highest BCUT2D eigenvalue weighted by Crippen LogP contribution is 2.08. The van der Waals surface area contributed by atoms with Gasteiger partial charge in [0.2, 0.25) is 0 Å². The molecule has 0 radical (unpaired) electrons. The summed E-state index contributed by atoms with van der Waals surface area (Å²) >= 11 is 0. The number of rotatable bonds is 4. The molecule has 0 unspecified atom stereocenters. The predicted octanol–water partition coefficient (Wildman–Crippen LogP) is 2.60. The highest BCUT2D eigenvalue weighted by Gasteiger charge is 2.00. The predicted molar refractivity (Wildman–Crippen MR) is 85.0 cm³/mol. The molecule has 5 heteroatoms. The molecule has 1 aromatic carbocycles. The summed E-state index contributed by atoms with van der Waals surface area (Å²) in [6.45, 7) is 6.64. The lowest BCUT2D eigenvalue weighted by Gasteiger charge is -2.10. The molecule has 1 aromatic rings. The minimum absolute atomic E-state index is 0. The summed E-state index contributed by atoms with van der Waals surface area (Å²) in [5, 5.41) is 6.20. The van der Waals surface area contributed by atoms with Crippen LogP contribution in [0.1, 0.15) is 11.1 Å². The van der Waals surface area contributed by atoms with Crippen LogP contribution in [0.3, 0.4) is 0 Å². The summed E-state index contributed by atoms with van der Waals surface area (Å²) in [4.78, 5) is 4.05. The third-order valence-electron chi connectivity index (χ3n) is 2.32. The Kier molecular flexibility index (Phi) is 8.36. The average Bonchev–Trinajstić information content (AvgIpc) is 2.34. The molecule has 0 spiro atoms. The van der Waals surface area contributed by atoms with Crippen molar-refractivity contribution in [2.75, 3.05) is 13.6 Å². The first-order valence-corrected chi connectivity index (χ1v) is 5.47. The Hall–Kier alpha value is -1.11. The number of aliphatic imine (C=N–C) groups is 1. The Bertz CT molecular complexity index is 419. The number of nitrogens with zero attached hydrogens (tertiary/aromatic N) is 1. The van der Waals surface area contributed by atoms with Crippen molar-refractivity contribution in [2.24, 2.45) is 4.99 Å². The summed E-state index contributed by atoms with van der Waals surface area (Å²) in [6, 6.07) is 5.06. The quantitative estimate of drug-likeness (QED) is 0.374. The second kappa shape index (κ2) is 8.91. The highest BCUT2D eigenvalue weighted by atomic mass is 127. The number of halogens is 2. The lowest BCUT2D eigenvalue weighted by molar-refractivity contribution is 0.617. The largest absolute Gasteiger partial charge is 0.353 e. The zero-order chi connectivity index (χ0) is 12.7. The SMILES string of the molecule is C=CCNC(=NC)NCc1ccc(F)c(C)c1.I. The van der Waals surface area contributed by atoms with Gasteiger partial charge in [0.25, 0.3) is 0 Å². The molecule has 0 amide bonds. The summed E-state index contributed by atoms with van der Waals surface area (Å²) in [7, 11) is 1.70. The third kappa shape index (κ3) is 5.48. The monoisotopic (exact) mass is 363 g/mol. The fraction of sp³-hybridized carbons (Fsp3) is 0.308. The van der Waals surface area contributed by atoms with Crippen LogP contribution < -0.4 is 10.6 Å². The Labute approximate surface area is 125 Å². The molecule has 0 saturated carbocycles. The molecule has 1 rings (SSSR count). The molecule has 0 saturated heterocycles. The van der Waals surface area contributed by atoms with E-state index in [0.29, 0.717) is 24.6 Å². The number of nitrogens with one attached hydrogen (secondary N) is 2. The molecule has 0 heterocycles. The highest BCUT2D eigenvalue weighted by molar-refractivity contribution is 14.0. The Balaban J connectivity index is 0.00000289. The van der Waals surface area contributed by atoms with Gasteiger partial charge in [-0.15, -0.1) is 30.6 Å². The van der Waals surface area contributed by atoms with Crippen LogP contribution in [0, 0.1) is 12.7 Å². The second-order valence-corrected chi connectivity index (χ2v) is 3.68. The summed E-state index contributed by atoms with van der Waals surface area (Å²) in [5.41, 5.74) is 1.67. The van der Waals surface area contributed by atoms with E-state index in [1.807, 2.05) is 6.07 Å². The van der Waals surface area contributed by atoms with Gasteiger partial charge < -0.3 is 10.6 Å². The molecule has 0 aliphatic heterocycles. The van der Waals surface area contributed by atoms with Crippen LogP contribution in [0.5, 0.6) is 0 Å². The zero-order valence-electron chi connectivity index (χ0n) is 10.7. The van der Waals surface area contributed by atoms with Crippen molar-refractivity contribution in [2.45, 2.75) is 13.5 Å². The first kappa shape index (κ1) is 16.9. The number of guanidine groups is 1. The van der Waals surface area contributed by atoms with Gasteiger partial charge in [0.15, 0.2) is 5.96 Å². The van der Waals surface area contributed by atoms with E-state index in [1.165, 1.54) is 6.07 Å². The molecule has 0 aliphatic rings. The van der Waals surface area contributed by atoms with Crippen molar-refractivity contribution < 1.29 is 4.39 Å². The molecular weight excluding hydrogens is 344 g/mol. The lowest BCUT2D eigenvalue weighted by atomic mass is 10.1. The molecule has 2 N–H and O–H groups in total. The van der Waals surface area contributed by atoms with E-state index in [2.05, 4.69) is 22.2 Å². The minimum atomic E-state index is -0.178. The van der Waals surface area contributed by atoms with Crippen LogP contribution in [0.2, 0.25) is 0 Å². The van der Waals surface area contributed by atoms with Gasteiger partial charge >= 0.3 is 0 Å². The molecule has 0 bridgehead atoms. The van der Waals surface area contributed by atoms with Gasteiger partial charge in [-0.2, -0.15) is 0 Å². The van der Waals surface area contributed by atoms with E-state index < -0.39 is 0 Å². The van der Waals surface area contributed by atoms with Crippen LogP contribution in [0.4, 0.5) is 4.39 Å². The Morgan fingerprint density at radius 1 is 1.44 bits per heavy atom. The fourth-order valence-electron chi connectivity index (χ4n) is 1.39. The standard InChI is InChI=1S/C13H18FN3.HI/c1-4-7-16-13(15-3)17-9-11-5-6-12(14)10(2)8-11;/h4-6,8H,1,7,9H2,2-3H3,(H2,15,16,17);1H. The van der Waals surface area contributed by atoms with Crippen LogP contribution >= 0.6 is 24.0 Å². The van der Waals surface area contributed by atoms with Crippen LogP contribution in [-0.4, -0.2) is 19.6 Å². The maximum absolute atomic E-state index is 13.1. The van der Waals surface area contributed by atoms with Crippen molar-refractivity contribution in [3.63, 3.8) is 0 Å². The first-order valence-electron chi connectivity index (χ1n) is 5.47. The number of benzene rings is 1. The van der Waals surface area contributed by atoms with E-state index in [4.69, 9.17) is 0 Å². The maximum Gasteiger partial charge on any atom is 0.191 e. The van der Waals surface area contributed by atoms with Gasteiger partial charge in [-0.05, 0) is 24.1 Å². The van der Waals surface area contributed by atoms with Crippen LogP contribution in [0.15, 0.2) is 35.8 Å². The van der Waals surface area contributed by atoms with Crippen molar-refractivity contribution in [1.82, 2.24) is 10.6 Å². The molecular formula is C13H19FIN3. The lowest BCUT2D eigenvalue weighted by Crippen LogP contribution is -2.36. The van der Waals surface area contributed by atoms with Gasteiger partial charge in [-0.1, -0.05) is 18.2 Å². The van der Waals surface area contributed by atoms with Crippen molar-refractivity contribution in [1.29, 1.82) is 0 Å². The fourth-order valence-corrected chi connectivity index (χ4v) is 1.39. The molecule has 0 fully saturated rings. The van der Waals surface area contributed by atoms with E-state index in [-0.39, 0.29) is 29.8 Å². The maximum atomic E-state index is 13.1. The van der Waals surface area contributed by atoms with E-state index >= 15 is 0 Å². The van der Waals surface area contributed by atoms with Gasteiger partial charge in [0.05, 0.1) is 0 Å². The molecule has 100 valence electrons. The average molecular weight is 363 g/mol. The molecule has 0 aromatic heterocycles. The van der Waals surface area contributed by atoms with Gasteiger partial charge in [0.1, 0.15) is 5.82 Å². The van der Waals surface area contributed by atoms with Crippen LogP contribution in [0.25, 0.3) is 0 Å². The van der Waals surface area contributed by atoms with Crippen LogP contribution in [-0.2, 0) is 6.54 Å². The van der Waals surface area contributed by atoms with Crippen molar-refractivity contribution >= 4 is 29.9 Å². The number of hydrogen-bond donors (Lipinski definition) is 2. The van der Waals surface area contributed by atoms with Gasteiger partial charge in [-0.25, -0.2) is 4.39 Å². The zero-order valence-corrected chi connectivity index (χ0v) is 13.0. The Morgan fingerprint density at radius 3 is 2.72 bits per heavy atom. The molecule has 18 heavy (non-hydrogen) atoms. The van der Waals surface area contributed by atoms with Gasteiger partial charge in [-0.3, -0.25) is 4.99 Å². The second-order valence-electron chi connectivity index (χ2n) is 3.68. The van der Waals surface area contributed by atoms with Gasteiger partial charge in [0, 0.05) is 20.1 Å². The van der Waals surface area contributed by atoms with E-state index in [0.717, 1.165) is 5.56 Å². The number of aryl methyl sites for hydroxylation is 1. The summed E-state index contributed by atoms with van der Waals surface area (Å²) in [5.74, 6) is 0.523. The Morgan fingerprint density at radius 2 is 2.17 bits per heavy atom. The molecule has 0 atom stereocenters. The number of hydrogen-bond acceptors (Lipinski definition) is 1. The minimum Gasteiger partial charge on any atom is -0.353 e. The van der Waals surface area contributed by atoms with Crippen molar-refractivity contribution in [3.05, 3.63) is 47.8 Å². The third-order valence-corrected chi connectivity index (χ3v) is 2.32.